The Morgan fingerprint density at radius 2 is 2.09 bits per heavy atom. The van der Waals surface area contributed by atoms with E-state index in [1.807, 2.05) is 39.4 Å². The molecule has 116 valence electrons. The smallest absolute Gasteiger partial charge is 0.410 e. The average molecular weight is 299 g/mol. The van der Waals surface area contributed by atoms with E-state index < -0.39 is 5.60 Å². The third-order valence-corrected chi connectivity index (χ3v) is 3.61. The first kappa shape index (κ1) is 14.6. The molecule has 5 nitrogen and oxygen atoms in total. The van der Waals surface area contributed by atoms with Gasteiger partial charge in [0.25, 0.3) is 0 Å². The number of ether oxygens (including phenoxy) is 1. The molecule has 0 aromatic carbocycles. The molecule has 1 amide bonds. The first-order valence-corrected chi connectivity index (χ1v) is 7.42. The standard InChI is InChI=1S/C17H21N3O2/c1-11-6-18-8-14-15(11)13(7-19-14)5-12-9-20(10-12)16(21)22-17(2,3)4/h5-8,19H,9-10H2,1-4H3. The number of carbonyl (C=O) groups excluding carboxylic acids is 1. The molecule has 1 aliphatic heterocycles. The van der Waals surface area contributed by atoms with Crippen LogP contribution in [-0.2, 0) is 4.74 Å². The Bertz CT molecular complexity index is 745. The summed E-state index contributed by atoms with van der Waals surface area (Å²) in [6, 6.07) is 0. The van der Waals surface area contributed by atoms with Crippen LogP contribution < -0.4 is 0 Å². The van der Waals surface area contributed by atoms with Gasteiger partial charge in [0.2, 0.25) is 0 Å². The number of nitrogens with one attached hydrogen (secondary N) is 1. The fraction of sp³-hybridized carbons (Fsp3) is 0.412. The second-order valence-corrected chi connectivity index (χ2v) is 6.76. The summed E-state index contributed by atoms with van der Waals surface area (Å²) in [6.07, 6.45) is 7.59. The highest BCUT2D eigenvalue weighted by molar-refractivity contribution is 5.91. The van der Waals surface area contributed by atoms with Crippen molar-refractivity contribution in [3.63, 3.8) is 0 Å². The van der Waals surface area contributed by atoms with Gasteiger partial charge in [-0.15, -0.1) is 0 Å². The van der Waals surface area contributed by atoms with Crippen LogP contribution in [0.25, 0.3) is 17.0 Å². The summed E-state index contributed by atoms with van der Waals surface area (Å²) in [7, 11) is 0. The van der Waals surface area contributed by atoms with Crippen LogP contribution >= 0.6 is 0 Å². The fourth-order valence-corrected chi connectivity index (χ4v) is 2.61. The molecule has 1 N–H and O–H groups in total. The van der Waals surface area contributed by atoms with Gasteiger partial charge in [0.1, 0.15) is 5.60 Å². The van der Waals surface area contributed by atoms with E-state index >= 15 is 0 Å². The number of amides is 1. The second kappa shape index (κ2) is 5.16. The third-order valence-electron chi connectivity index (χ3n) is 3.61. The second-order valence-electron chi connectivity index (χ2n) is 6.76. The number of likely N-dealkylation sites (tertiary alicyclic amines) is 1. The zero-order valence-corrected chi connectivity index (χ0v) is 13.4. The molecule has 0 unspecified atom stereocenters. The van der Waals surface area contributed by atoms with Gasteiger partial charge in [0, 0.05) is 36.4 Å². The van der Waals surface area contributed by atoms with Gasteiger partial charge in [-0.1, -0.05) is 6.08 Å². The molecule has 0 bridgehead atoms. The maximum absolute atomic E-state index is 11.9. The van der Waals surface area contributed by atoms with Gasteiger partial charge in [0.15, 0.2) is 0 Å². The molecule has 1 saturated heterocycles. The van der Waals surface area contributed by atoms with Crippen molar-refractivity contribution in [2.75, 3.05) is 13.1 Å². The molecule has 5 heteroatoms. The fourth-order valence-electron chi connectivity index (χ4n) is 2.61. The number of hydrogen-bond donors (Lipinski definition) is 1. The number of H-pyrrole nitrogens is 1. The van der Waals surface area contributed by atoms with Gasteiger partial charge in [-0.25, -0.2) is 4.79 Å². The van der Waals surface area contributed by atoms with Crippen LogP contribution in [0.4, 0.5) is 4.79 Å². The first-order chi connectivity index (χ1) is 10.3. The molecule has 1 fully saturated rings. The van der Waals surface area contributed by atoms with Gasteiger partial charge >= 0.3 is 6.09 Å². The highest BCUT2D eigenvalue weighted by atomic mass is 16.6. The number of aryl methyl sites for hydroxylation is 1. The summed E-state index contributed by atoms with van der Waals surface area (Å²) < 4.78 is 5.36. The van der Waals surface area contributed by atoms with Crippen molar-refractivity contribution in [3.8, 4) is 0 Å². The summed E-state index contributed by atoms with van der Waals surface area (Å²) in [5.74, 6) is 0. The van der Waals surface area contributed by atoms with E-state index in [0.29, 0.717) is 13.1 Å². The molecule has 2 aromatic rings. The van der Waals surface area contributed by atoms with Gasteiger partial charge in [-0.05, 0) is 38.8 Å². The van der Waals surface area contributed by atoms with Crippen LogP contribution in [-0.4, -0.2) is 39.7 Å². The molecule has 0 atom stereocenters. The molecule has 0 saturated carbocycles. The first-order valence-electron chi connectivity index (χ1n) is 7.42. The largest absolute Gasteiger partial charge is 0.444 e. The van der Waals surface area contributed by atoms with Crippen molar-refractivity contribution in [2.45, 2.75) is 33.3 Å². The average Bonchev–Trinajstić information content (AvgIpc) is 2.75. The minimum Gasteiger partial charge on any atom is -0.444 e. The number of carbonyl (C=O) groups is 1. The number of fused-ring (bicyclic) bond motifs is 1. The Balaban J connectivity index is 1.72. The predicted molar refractivity (Wildman–Crippen MR) is 86.6 cm³/mol. The molecule has 3 rings (SSSR count). The summed E-state index contributed by atoms with van der Waals surface area (Å²) >= 11 is 0. The predicted octanol–water partition coefficient (Wildman–Crippen LogP) is 3.51. The number of aromatic nitrogens is 2. The van der Waals surface area contributed by atoms with Crippen molar-refractivity contribution in [1.82, 2.24) is 14.9 Å². The van der Waals surface area contributed by atoms with Crippen LogP contribution in [0.15, 0.2) is 24.2 Å². The molecule has 0 aliphatic carbocycles. The summed E-state index contributed by atoms with van der Waals surface area (Å²) in [5.41, 5.74) is 4.11. The lowest BCUT2D eigenvalue weighted by atomic mass is 10.0. The Labute approximate surface area is 130 Å². The molecular weight excluding hydrogens is 278 g/mol. The molecule has 22 heavy (non-hydrogen) atoms. The van der Waals surface area contributed by atoms with Crippen molar-refractivity contribution >= 4 is 23.1 Å². The molecule has 1 aliphatic rings. The van der Waals surface area contributed by atoms with E-state index in [-0.39, 0.29) is 6.09 Å². The quantitative estimate of drug-likeness (QED) is 0.876. The van der Waals surface area contributed by atoms with E-state index in [1.165, 1.54) is 11.0 Å². The van der Waals surface area contributed by atoms with Gasteiger partial charge < -0.3 is 14.6 Å². The van der Waals surface area contributed by atoms with Crippen LogP contribution in [0.5, 0.6) is 0 Å². The van der Waals surface area contributed by atoms with E-state index in [0.717, 1.165) is 16.6 Å². The Hall–Kier alpha value is -2.30. The normalized spacial score (nSPS) is 14.9. The Morgan fingerprint density at radius 1 is 1.36 bits per heavy atom. The number of pyridine rings is 1. The van der Waals surface area contributed by atoms with E-state index in [1.54, 1.807) is 4.90 Å². The molecular formula is C17H21N3O2. The van der Waals surface area contributed by atoms with Crippen LogP contribution in [0.1, 0.15) is 31.9 Å². The highest BCUT2D eigenvalue weighted by Crippen LogP contribution is 2.26. The number of nitrogens with zero attached hydrogens (tertiary/aromatic N) is 2. The van der Waals surface area contributed by atoms with Gasteiger partial charge in [-0.2, -0.15) is 0 Å². The van der Waals surface area contributed by atoms with Crippen LogP contribution in [0.2, 0.25) is 0 Å². The number of aromatic amines is 1. The lowest BCUT2D eigenvalue weighted by Crippen LogP contribution is -2.46. The van der Waals surface area contributed by atoms with Gasteiger partial charge in [-0.3, -0.25) is 4.98 Å². The van der Waals surface area contributed by atoms with Crippen molar-refractivity contribution in [3.05, 3.63) is 35.3 Å². The summed E-state index contributed by atoms with van der Waals surface area (Å²) in [4.78, 5) is 21.0. The molecule has 0 radical (unpaired) electrons. The van der Waals surface area contributed by atoms with Crippen LogP contribution in [0, 0.1) is 6.92 Å². The topological polar surface area (TPSA) is 58.2 Å². The maximum atomic E-state index is 11.9. The highest BCUT2D eigenvalue weighted by Gasteiger charge is 2.29. The number of hydrogen-bond acceptors (Lipinski definition) is 3. The van der Waals surface area contributed by atoms with Crippen molar-refractivity contribution < 1.29 is 9.53 Å². The monoisotopic (exact) mass is 299 g/mol. The molecule has 0 spiro atoms. The van der Waals surface area contributed by atoms with Crippen LogP contribution in [0.3, 0.4) is 0 Å². The zero-order valence-electron chi connectivity index (χ0n) is 13.4. The van der Waals surface area contributed by atoms with Gasteiger partial charge in [0.05, 0.1) is 11.7 Å². The van der Waals surface area contributed by atoms with E-state index in [2.05, 4.69) is 23.0 Å². The lowest BCUT2D eigenvalue weighted by molar-refractivity contribution is 0.0216. The summed E-state index contributed by atoms with van der Waals surface area (Å²) in [6.45, 7) is 8.95. The Morgan fingerprint density at radius 3 is 2.77 bits per heavy atom. The minimum atomic E-state index is -0.447. The van der Waals surface area contributed by atoms with Crippen molar-refractivity contribution in [1.29, 1.82) is 0 Å². The lowest BCUT2D eigenvalue weighted by Gasteiger charge is -2.35. The van der Waals surface area contributed by atoms with E-state index in [9.17, 15) is 4.79 Å². The van der Waals surface area contributed by atoms with E-state index in [4.69, 9.17) is 4.74 Å². The van der Waals surface area contributed by atoms with Crippen molar-refractivity contribution in [2.24, 2.45) is 0 Å². The Kier molecular flexibility index (Phi) is 3.43. The zero-order chi connectivity index (χ0) is 15.9. The SMILES string of the molecule is Cc1cncc2[nH]cc(C=C3CN(C(=O)OC(C)(C)C)C3)c12. The molecule has 2 aromatic heterocycles. The third kappa shape index (κ3) is 2.84. The maximum Gasteiger partial charge on any atom is 0.410 e. The minimum absolute atomic E-state index is 0.246. The molecule has 3 heterocycles. The number of rotatable bonds is 1. The summed E-state index contributed by atoms with van der Waals surface area (Å²) in [5, 5.41) is 1.19.